The highest BCUT2D eigenvalue weighted by molar-refractivity contribution is 9.10. The molecule has 0 saturated carbocycles. The van der Waals surface area contributed by atoms with E-state index in [9.17, 15) is 13.5 Å². The quantitative estimate of drug-likeness (QED) is 0.840. The highest BCUT2D eigenvalue weighted by Gasteiger charge is 2.14. The van der Waals surface area contributed by atoms with Gasteiger partial charge < -0.3 is 5.11 Å². The largest absolute Gasteiger partial charge is 0.506 e. The van der Waals surface area contributed by atoms with E-state index in [0.29, 0.717) is 4.47 Å². The third-order valence-corrected chi connectivity index (χ3v) is 3.91. The molecule has 0 aliphatic carbocycles. The average molecular weight is 308 g/mol. The highest BCUT2D eigenvalue weighted by Crippen LogP contribution is 2.27. The minimum atomic E-state index is -3.40. The number of anilines is 1. The molecule has 0 aliphatic rings. The van der Waals surface area contributed by atoms with Crippen molar-refractivity contribution in [2.45, 2.75) is 13.8 Å². The Bertz CT molecular complexity index is 471. The van der Waals surface area contributed by atoms with Crippen molar-refractivity contribution < 1.29 is 13.5 Å². The molecule has 0 saturated heterocycles. The molecule has 0 unspecified atom stereocenters. The van der Waals surface area contributed by atoms with Gasteiger partial charge in [0.1, 0.15) is 5.75 Å². The first-order valence-corrected chi connectivity index (χ1v) is 7.23. The number of sulfonamides is 1. The first kappa shape index (κ1) is 13.3. The number of phenols is 1. The molecule has 0 radical (unpaired) electrons. The molecule has 0 fully saturated rings. The Morgan fingerprint density at radius 2 is 2.06 bits per heavy atom. The third kappa shape index (κ3) is 4.02. The number of benzene rings is 1. The van der Waals surface area contributed by atoms with Gasteiger partial charge in [-0.1, -0.05) is 29.8 Å². The van der Waals surface area contributed by atoms with Crippen molar-refractivity contribution in [3.05, 3.63) is 22.7 Å². The number of phenolic OH excluding ortho intramolecular Hbond substituents is 1. The molecule has 6 heteroatoms. The van der Waals surface area contributed by atoms with E-state index < -0.39 is 10.0 Å². The Hall–Kier alpha value is -0.750. The minimum absolute atomic E-state index is 0.0267. The Morgan fingerprint density at radius 3 is 2.62 bits per heavy atom. The van der Waals surface area contributed by atoms with E-state index in [1.807, 2.05) is 13.8 Å². The summed E-state index contributed by atoms with van der Waals surface area (Å²) < 4.78 is 26.3. The topological polar surface area (TPSA) is 66.4 Å². The summed E-state index contributed by atoms with van der Waals surface area (Å²) in [7, 11) is -3.40. The maximum absolute atomic E-state index is 11.6. The number of rotatable bonds is 4. The summed E-state index contributed by atoms with van der Waals surface area (Å²) in [5.41, 5.74) is 0.190. The lowest BCUT2D eigenvalue weighted by molar-refractivity contribution is 0.477. The molecular weight excluding hydrogens is 294 g/mol. The van der Waals surface area contributed by atoms with Gasteiger partial charge in [-0.3, -0.25) is 4.72 Å². The summed E-state index contributed by atoms with van der Waals surface area (Å²) in [6.07, 6.45) is 0. The Kier molecular flexibility index (Phi) is 4.21. The summed E-state index contributed by atoms with van der Waals surface area (Å²) in [5.74, 6) is -0.0267. The van der Waals surface area contributed by atoms with Crippen molar-refractivity contribution in [3.8, 4) is 5.75 Å². The average Bonchev–Trinajstić information content (AvgIpc) is 2.08. The van der Waals surface area contributed by atoms with E-state index in [-0.39, 0.29) is 23.1 Å². The maximum atomic E-state index is 11.6. The SMILES string of the molecule is CC(C)CS(=O)(=O)Nc1cc(Br)ccc1O. The van der Waals surface area contributed by atoms with Crippen LogP contribution >= 0.6 is 15.9 Å². The van der Waals surface area contributed by atoms with Crippen LogP contribution in [0.1, 0.15) is 13.8 Å². The second kappa shape index (κ2) is 5.05. The molecule has 90 valence electrons. The fourth-order valence-electron chi connectivity index (χ4n) is 1.24. The molecule has 2 N–H and O–H groups in total. The molecule has 0 aromatic heterocycles. The van der Waals surface area contributed by atoms with Gasteiger partial charge in [-0.2, -0.15) is 0 Å². The van der Waals surface area contributed by atoms with E-state index in [2.05, 4.69) is 20.7 Å². The van der Waals surface area contributed by atoms with Crippen LogP contribution in [-0.4, -0.2) is 19.3 Å². The fourth-order valence-corrected chi connectivity index (χ4v) is 3.06. The van der Waals surface area contributed by atoms with Gasteiger partial charge in [0.05, 0.1) is 11.4 Å². The number of nitrogens with one attached hydrogen (secondary N) is 1. The monoisotopic (exact) mass is 307 g/mol. The number of hydrogen-bond acceptors (Lipinski definition) is 3. The normalized spacial score (nSPS) is 11.8. The molecule has 0 atom stereocenters. The minimum Gasteiger partial charge on any atom is -0.506 e. The van der Waals surface area contributed by atoms with Crippen LogP contribution in [0.2, 0.25) is 0 Å². The molecule has 1 rings (SSSR count). The number of aromatic hydroxyl groups is 1. The smallest absolute Gasteiger partial charge is 0.233 e. The first-order valence-electron chi connectivity index (χ1n) is 4.79. The van der Waals surface area contributed by atoms with Crippen LogP contribution in [0.3, 0.4) is 0 Å². The van der Waals surface area contributed by atoms with Crippen LogP contribution in [0.25, 0.3) is 0 Å². The molecule has 0 spiro atoms. The van der Waals surface area contributed by atoms with Crippen molar-refractivity contribution in [2.75, 3.05) is 10.5 Å². The van der Waals surface area contributed by atoms with Crippen molar-refractivity contribution in [1.29, 1.82) is 0 Å². The summed E-state index contributed by atoms with van der Waals surface area (Å²) in [6.45, 7) is 3.64. The third-order valence-electron chi connectivity index (χ3n) is 1.78. The van der Waals surface area contributed by atoms with E-state index in [0.717, 1.165) is 0 Å². The molecule has 0 heterocycles. The molecule has 0 aliphatic heterocycles. The lowest BCUT2D eigenvalue weighted by Crippen LogP contribution is -2.20. The second-order valence-electron chi connectivity index (χ2n) is 3.94. The van der Waals surface area contributed by atoms with Gasteiger partial charge in [-0.25, -0.2) is 8.42 Å². The zero-order valence-corrected chi connectivity index (χ0v) is 11.5. The van der Waals surface area contributed by atoms with Crippen LogP contribution in [0.4, 0.5) is 5.69 Å². The lowest BCUT2D eigenvalue weighted by Gasteiger charge is -2.11. The van der Waals surface area contributed by atoms with Gasteiger partial charge in [-0.15, -0.1) is 0 Å². The van der Waals surface area contributed by atoms with E-state index in [1.54, 1.807) is 6.07 Å². The van der Waals surface area contributed by atoms with Gasteiger partial charge in [0.25, 0.3) is 0 Å². The van der Waals surface area contributed by atoms with E-state index in [1.165, 1.54) is 12.1 Å². The van der Waals surface area contributed by atoms with Crippen molar-refractivity contribution in [1.82, 2.24) is 0 Å². The predicted octanol–water partition coefficient (Wildman–Crippen LogP) is 2.55. The highest BCUT2D eigenvalue weighted by atomic mass is 79.9. The van der Waals surface area contributed by atoms with Gasteiger partial charge in [0.15, 0.2) is 0 Å². The Labute approximate surface area is 104 Å². The summed E-state index contributed by atoms with van der Waals surface area (Å²) >= 11 is 3.21. The first-order chi connectivity index (χ1) is 7.30. The zero-order valence-electron chi connectivity index (χ0n) is 9.07. The molecule has 4 nitrogen and oxygen atoms in total. The second-order valence-corrected chi connectivity index (χ2v) is 6.62. The molecule has 0 bridgehead atoms. The number of halogens is 1. The summed E-state index contributed by atoms with van der Waals surface area (Å²) in [5, 5.41) is 9.48. The van der Waals surface area contributed by atoms with Crippen molar-refractivity contribution >= 4 is 31.6 Å². The number of hydrogen-bond donors (Lipinski definition) is 2. The van der Waals surface area contributed by atoms with E-state index >= 15 is 0 Å². The van der Waals surface area contributed by atoms with Crippen LogP contribution in [0.5, 0.6) is 5.75 Å². The zero-order chi connectivity index (χ0) is 12.3. The molecule has 0 amide bonds. The van der Waals surface area contributed by atoms with Crippen LogP contribution in [0.15, 0.2) is 22.7 Å². The van der Waals surface area contributed by atoms with Crippen molar-refractivity contribution in [2.24, 2.45) is 5.92 Å². The standard InChI is InChI=1S/C10H14BrNO3S/c1-7(2)6-16(14,15)12-9-5-8(11)3-4-10(9)13/h3-5,7,12-13H,6H2,1-2H3. The Morgan fingerprint density at radius 1 is 1.44 bits per heavy atom. The molecular formula is C10H14BrNO3S. The summed E-state index contributed by atoms with van der Waals surface area (Å²) in [4.78, 5) is 0. The van der Waals surface area contributed by atoms with Gasteiger partial charge in [0.2, 0.25) is 10.0 Å². The fraction of sp³-hybridized carbons (Fsp3) is 0.400. The van der Waals surface area contributed by atoms with E-state index in [4.69, 9.17) is 0 Å². The van der Waals surface area contributed by atoms with Crippen LogP contribution in [0, 0.1) is 5.92 Å². The van der Waals surface area contributed by atoms with Gasteiger partial charge in [-0.05, 0) is 24.1 Å². The van der Waals surface area contributed by atoms with Crippen LogP contribution in [-0.2, 0) is 10.0 Å². The molecule has 16 heavy (non-hydrogen) atoms. The van der Waals surface area contributed by atoms with Crippen molar-refractivity contribution in [3.63, 3.8) is 0 Å². The van der Waals surface area contributed by atoms with Gasteiger partial charge in [0, 0.05) is 4.47 Å². The summed E-state index contributed by atoms with van der Waals surface area (Å²) in [6, 6.07) is 4.58. The molecule has 1 aromatic carbocycles. The lowest BCUT2D eigenvalue weighted by atomic mass is 10.3. The van der Waals surface area contributed by atoms with Crippen LogP contribution < -0.4 is 4.72 Å². The maximum Gasteiger partial charge on any atom is 0.233 e. The predicted molar refractivity (Wildman–Crippen MR) is 68.1 cm³/mol. The van der Waals surface area contributed by atoms with Gasteiger partial charge >= 0.3 is 0 Å². The Balaban J connectivity index is 2.92. The molecule has 1 aromatic rings.